The fraction of sp³-hybridized carbons (Fsp3) is 0.571. The summed E-state index contributed by atoms with van der Waals surface area (Å²) in [6.07, 6.45) is 0.137. The van der Waals surface area contributed by atoms with Gasteiger partial charge in [0, 0.05) is 6.54 Å². The lowest BCUT2D eigenvalue weighted by Crippen LogP contribution is -2.19. The average molecular weight is 253 g/mol. The number of hydrogen-bond acceptors (Lipinski definition) is 4. The van der Waals surface area contributed by atoms with E-state index >= 15 is 0 Å². The topological polar surface area (TPSA) is 53.7 Å². The van der Waals surface area contributed by atoms with Gasteiger partial charge in [0.25, 0.3) is 0 Å². The molecule has 2 N–H and O–H groups in total. The first-order valence-corrected chi connectivity index (χ1v) is 6.24. The Bertz CT molecular complexity index is 324. The Kier molecular flexibility index (Phi) is 6.72. The van der Waals surface area contributed by atoms with E-state index in [1.54, 1.807) is 7.11 Å². The van der Waals surface area contributed by atoms with E-state index in [1.807, 2.05) is 38.1 Å². The molecule has 0 saturated carbocycles. The Morgan fingerprint density at radius 2 is 1.67 bits per heavy atom. The molecule has 1 rings (SSSR count). The first kappa shape index (κ1) is 15.0. The molecule has 0 radical (unpaired) electrons. The highest BCUT2D eigenvalue weighted by Gasteiger charge is 2.10. The highest BCUT2D eigenvalue weighted by molar-refractivity contribution is 5.28. The standard InChI is InChI=1S/C14H23NO3/c1-11(2)17-8-9-18-14(10-15)12-4-6-13(16-3)7-5-12/h4-7,11,14H,8-10,15H2,1-3H3. The molecule has 0 aliphatic heterocycles. The van der Waals surface area contributed by atoms with Crippen LogP contribution in [0.2, 0.25) is 0 Å². The summed E-state index contributed by atoms with van der Waals surface area (Å²) < 4.78 is 16.2. The molecule has 1 atom stereocenters. The molecule has 102 valence electrons. The summed E-state index contributed by atoms with van der Waals surface area (Å²) in [5, 5.41) is 0. The molecule has 0 spiro atoms. The van der Waals surface area contributed by atoms with Crippen LogP contribution < -0.4 is 10.5 Å². The molecule has 1 aromatic carbocycles. The Labute approximate surface area is 109 Å². The normalized spacial score (nSPS) is 12.7. The first-order chi connectivity index (χ1) is 8.67. The lowest BCUT2D eigenvalue weighted by molar-refractivity contribution is -0.0104. The van der Waals surface area contributed by atoms with Crippen molar-refractivity contribution in [1.82, 2.24) is 0 Å². The maximum absolute atomic E-state index is 5.72. The van der Waals surface area contributed by atoms with Crippen LogP contribution in [-0.2, 0) is 9.47 Å². The predicted molar refractivity (Wildman–Crippen MR) is 71.8 cm³/mol. The van der Waals surface area contributed by atoms with E-state index in [2.05, 4.69) is 0 Å². The third kappa shape index (κ3) is 5.04. The van der Waals surface area contributed by atoms with Gasteiger partial charge < -0.3 is 19.9 Å². The molecule has 1 unspecified atom stereocenters. The van der Waals surface area contributed by atoms with Gasteiger partial charge in [-0.05, 0) is 31.5 Å². The van der Waals surface area contributed by atoms with E-state index in [1.165, 1.54) is 0 Å². The zero-order chi connectivity index (χ0) is 13.4. The lowest BCUT2D eigenvalue weighted by atomic mass is 10.1. The van der Waals surface area contributed by atoms with Gasteiger partial charge in [-0.25, -0.2) is 0 Å². The van der Waals surface area contributed by atoms with Gasteiger partial charge in [0.05, 0.1) is 32.5 Å². The first-order valence-electron chi connectivity index (χ1n) is 6.24. The van der Waals surface area contributed by atoms with Crippen molar-refractivity contribution in [3.63, 3.8) is 0 Å². The van der Waals surface area contributed by atoms with Crippen LogP contribution in [0.4, 0.5) is 0 Å². The highest BCUT2D eigenvalue weighted by Crippen LogP contribution is 2.19. The van der Waals surface area contributed by atoms with Crippen LogP contribution >= 0.6 is 0 Å². The van der Waals surface area contributed by atoms with Crippen molar-refractivity contribution in [2.75, 3.05) is 26.9 Å². The summed E-state index contributed by atoms with van der Waals surface area (Å²) >= 11 is 0. The van der Waals surface area contributed by atoms with Crippen molar-refractivity contribution in [2.45, 2.75) is 26.1 Å². The van der Waals surface area contributed by atoms with E-state index in [9.17, 15) is 0 Å². The van der Waals surface area contributed by atoms with E-state index < -0.39 is 0 Å². The Morgan fingerprint density at radius 1 is 1.06 bits per heavy atom. The molecule has 0 amide bonds. The van der Waals surface area contributed by atoms with Gasteiger partial charge in [-0.2, -0.15) is 0 Å². The molecule has 0 saturated heterocycles. The molecule has 18 heavy (non-hydrogen) atoms. The number of benzene rings is 1. The van der Waals surface area contributed by atoms with Crippen molar-refractivity contribution < 1.29 is 14.2 Å². The van der Waals surface area contributed by atoms with Gasteiger partial charge in [0.2, 0.25) is 0 Å². The van der Waals surface area contributed by atoms with E-state index in [0.717, 1.165) is 11.3 Å². The molecule has 4 nitrogen and oxygen atoms in total. The molecular formula is C14H23NO3. The second-order valence-corrected chi connectivity index (χ2v) is 4.29. The van der Waals surface area contributed by atoms with Crippen LogP contribution in [-0.4, -0.2) is 33.0 Å². The summed E-state index contributed by atoms with van der Waals surface area (Å²) in [6, 6.07) is 7.76. The third-order valence-corrected chi connectivity index (χ3v) is 2.56. The Balaban J connectivity index is 2.44. The minimum absolute atomic E-state index is 0.0910. The van der Waals surface area contributed by atoms with Crippen molar-refractivity contribution in [1.29, 1.82) is 0 Å². The lowest BCUT2D eigenvalue weighted by Gasteiger charge is -2.17. The maximum atomic E-state index is 5.72. The maximum Gasteiger partial charge on any atom is 0.118 e. The second kappa shape index (κ2) is 8.08. The average Bonchev–Trinajstić information content (AvgIpc) is 2.39. The van der Waals surface area contributed by atoms with Crippen molar-refractivity contribution in [2.24, 2.45) is 5.73 Å². The molecule has 4 heteroatoms. The molecule has 0 aromatic heterocycles. The zero-order valence-electron chi connectivity index (χ0n) is 11.4. The van der Waals surface area contributed by atoms with Crippen molar-refractivity contribution in [3.05, 3.63) is 29.8 Å². The fourth-order valence-electron chi connectivity index (χ4n) is 1.59. The summed E-state index contributed by atoms with van der Waals surface area (Å²) in [5.74, 6) is 0.831. The van der Waals surface area contributed by atoms with Crippen LogP contribution in [0.3, 0.4) is 0 Å². The van der Waals surface area contributed by atoms with Crippen LogP contribution in [0.15, 0.2) is 24.3 Å². The molecule has 0 bridgehead atoms. The Morgan fingerprint density at radius 3 is 2.17 bits per heavy atom. The van der Waals surface area contributed by atoms with Gasteiger partial charge in [-0.3, -0.25) is 0 Å². The fourth-order valence-corrected chi connectivity index (χ4v) is 1.59. The summed E-state index contributed by atoms with van der Waals surface area (Å²) in [6.45, 7) is 5.60. The van der Waals surface area contributed by atoms with Crippen molar-refractivity contribution in [3.8, 4) is 5.75 Å². The zero-order valence-corrected chi connectivity index (χ0v) is 11.4. The number of hydrogen-bond donors (Lipinski definition) is 1. The number of ether oxygens (including phenoxy) is 3. The number of nitrogens with two attached hydrogens (primary N) is 1. The summed E-state index contributed by atoms with van der Waals surface area (Å²) in [7, 11) is 1.65. The second-order valence-electron chi connectivity index (χ2n) is 4.29. The van der Waals surface area contributed by atoms with Gasteiger partial charge in [-0.15, -0.1) is 0 Å². The van der Waals surface area contributed by atoms with Gasteiger partial charge >= 0.3 is 0 Å². The van der Waals surface area contributed by atoms with Gasteiger partial charge in [0.1, 0.15) is 5.75 Å². The number of rotatable bonds is 8. The van der Waals surface area contributed by atoms with Crippen LogP contribution in [0.1, 0.15) is 25.5 Å². The van der Waals surface area contributed by atoms with Crippen LogP contribution in [0, 0.1) is 0 Å². The van der Waals surface area contributed by atoms with E-state index in [0.29, 0.717) is 19.8 Å². The SMILES string of the molecule is COc1ccc(C(CN)OCCOC(C)C)cc1. The molecule has 0 heterocycles. The summed E-state index contributed by atoms with van der Waals surface area (Å²) in [4.78, 5) is 0. The van der Waals surface area contributed by atoms with Crippen LogP contribution in [0.25, 0.3) is 0 Å². The smallest absolute Gasteiger partial charge is 0.118 e. The molecule has 1 aromatic rings. The minimum Gasteiger partial charge on any atom is -0.497 e. The molecule has 0 fully saturated rings. The minimum atomic E-state index is -0.0910. The molecule has 0 aliphatic carbocycles. The summed E-state index contributed by atoms with van der Waals surface area (Å²) in [5.41, 5.74) is 6.78. The number of methoxy groups -OCH3 is 1. The van der Waals surface area contributed by atoms with E-state index in [-0.39, 0.29) is 12.2 Å². The van der Waals surface area contributed by atoms with Crippen LogP contribution in [0.5, 0.6) is 5.75 Å². The largest absolute Gasteiger partial charge is 0.497 e. The molecule has 0 aliphatic rings. The predicted octanol–water partition coefficient (Wildman–Crippen LogP) is 2.14. The Hall–Kier alpha value is -1.10. The van der Waals surface area contributed by atoms with E-state index in [4.69, 9.17) is 19.9 Å². The monoisotopic (exact) mass is 253 g/mol. The highest BCUT2D eigenvalue weighted by atomic mass is 16.5. The van der Waals surface area contributed by atoms with Gasteiger partial charge in [-0.1, -0.05) is 12.1 Å². The third-order valence-electron chi connectivity index (χ3n) is 2.56. The molecular weight excluding hydrogens is 230 g/mol. The quantitative estimate of drug-likeness (QED) is 0.721. The van der Waals surface area contributed by atoms with Gasteiger partial charge in [0.15, 0.2) is 0 Å². The van der Waals surface area contributed by atoms with Crippen molar-refractivity contribution >= 4 is 0 Å².